The second kappa shape index (κ2) is 6.66. The van der Waals surface area contributed by atoms with Crippen LogP contribution < -0.4 is 9.47 Å². The van der Waals surface area contributed by atoms with E-state index in [4.69, 9.17) is 9.47 Å². The van der Waals surface area contributed by atoms with Crippen molar-refractivity contribution in [3.05, 3.63) is 53.3 Å². The fourth-order valence-corrected chi connectivity index (χ4v) is 2.48. The summed E-state index contributed by atoms with van der Waals surface area (Å²) in [5, 5.41) is 5.67. The summed E-state index contributed by atoms with van der Waals surface area (Å²) in [6.07, 6.45) is 0.561. The van der Waals surface area contributed by atoms with Gasteiger partial charge in [0.2, 0.25) is 11.8 Å². The van der Waals surface area contributed by atoms with Gasteiger partial charge in [-0.2, -0.15) is 10.1 Å². The Kier molecular flexibility index (Phi) is 4.41. The first-order valence-corrected chi connectivity index (χ1v) is 7.36. The van der Waals surface area contributed by atoms with E-state index in [1.807, 2.05) is 0 Å². The number of hydrazone groups is 1. The minimum Gasteiger partial charge on any atom is -0.481 e. The van der Waals surface area contributed by atoms with Gasteiger partial charge in [0.1, 0.15) is 5.82 Å². The van der Waals surface area contributed by atoms with Crippen molar-refractivity contribution in [2.24, 2.45) is 5.10 Å². The summed E-state index contributed by atoms with van der Waals surface area (Å²) in [5.74, 6) is 0.0188. The Labute approximate surface area is 138 Å². The van der Waals surface area contributed by atoms with Crippen molar-refractivity contribution in [2.75, 3.05) is 20.8 Å². The van der Waals surface area contributed by atoms with Crippen LogP contribution in [0.15, 0.2) is 41.5 Å². The molecule has 7 heteroatoms. The SMILES string of the molecule is COc1ccc(C2=NN(C(=O)c3cccc(F)c3)CC2)c(OC)n1. The number of carbonyl (C=O) groups is 1. The number of nitrogens with zero attached hydrogens (tertiary/aromatic N) is 3. The molecule has 0 unspecified atom stereocenters. The first-order valence-electron chi connectivity index (χ1n) is 7.36. The normalized spacial score (nSPS) is 13.6. The third-order valence-electron chi connectivity index (χ3n) is 3.66. The highest BCUT2D eigenvalue weighted by molar-refractivity contribution is 6.05. The number of benzene rings is 1. The quantitative estimate of drug-likeness (QED) is 0.864. The van der Waals surface area contributed by atoms with Crippen LogP contribution in [0.4, 0.5) is 4.39 Å². The Morgan fingerprint density at radius 1 is 1.21 bits per heavy atom. The van der Waals surface area contributed by atoms with E-state index in [1.165, 1.54) is 37.4 Å². The Morgan fingerprint density at radius 3 is 2.75 bits per heavy atom. The monoisotopic (exact) mass is 329 g/mol. The van der Waals surface area contributed by atoms with Gasteiger partial charge in [-0.1, -0.05) is 6.07 Å². The fourth-order valence-electron chi connectivity index (χ4n) is 2.48. The molecule has 1 aliphatic heterocycles. The van der Waals surface area contributed by atoms with Crippen molar-refractivity contribution >= 4 is 11.6 Å². The molecule has 0 saturated carbocycles. The highest BCUT2D eigenvalue weighted by Gasteiger charge is 2.25. The lowest BCUT2D eigenvalue weighted by Crippen LogP contribution is -2.23. The van der Waals surface area contributed by atoms with E-state index < -0.39 is 5.82 Å². The molecule has 3 rings (SSSR count). The number of hydrogen-bond donors (Lipinski definition) is 0. The summed E-state index contributed by atoms with van der Waals surface area (Å²) in [7, 11) is 3.03. The Hall–Kier alpha value is -2.96. The van der Waals surface area contributed by atoms with Crippen molar-refractivity contribution in [1.82, 2.24) is 9.99 Å². The largest absolute Gasteiger partial charge is 0.481 e. The molecule has 0 aliphatic carbocycles. The van der Waals surface area contributed by atoms with Crippen LogP contribution in [0.3, 0.4) is 0 Å². The van der Waals surface area contributed by atoms with Crippen LogP contribution in [-0.4, -0.2) is 42.4 Å². The van der Waals surface area contributed by atoms with Gasteiger partial charge in [-0.25, -0.2) is 9.40 Å². The number of rotatable bonds is 4. The maximum Gasteiger partial charge on any atom is 0.274 e. The summed E-state index contributed by atoms with van der Waals surface area (Å²) < 4.78 is 23.6. The van der Waals surface area contributed by atoms with Gasteiger partial charge in [-0.05, 0) is 24.3 Å². The smallest absolute Gasteiger partial charge is 0.274 e. The van der Waals surface area contributed by atoms with Gasteiger partial charge in [-0.3, -0.25) is 4.79 Å². The number of amides is 1. The minimum atomic E-state index is -0.453. The Morgan fingerprint density at radius 2 is 2.04 bits per heavy atom. The average molecular weight is 329 g/mol. The molecule has 2 heterocycles. The maximum atomic E-state index is 13.3. The standard InChI is InChI=1S/C17H16FN3O3/c1-23-15-7-6-13(16(19-15)24-2)14-8-9-21(20-14)17(22)11-4-3-5-12(18)10-11/h3-7,10H,8-9H2,1-2H3. The fraction of sp³-hybridized carbons (Fsp3) is 0.235. The highest BCUT2D eigenvalue weighted by atomic mass is 19.1. The first kappa shape index (κ1) is 15.9. The first-order chi connectivity index (χ1) is 11.6. The van der Waals surface area contributed by atoms with Crippen LogP contribution in [0.5, 0.6) is 11.8 Å². The van der Waals surface area contributed by atoms with Gasteiger partial charge in [0.15, 0.2) is 0 Å². The van der Waals surface area contributed by atoms with Crippen LogP contribution >= 0.6 is 0 Å². The van der Waals surface area contributed by atoms with Crippen molar-refractivity contribution in [1.29, 1.82) is 0 Å². The van der Waals surface area contributed by atoms with Crippen molar-refractivity contribution in [3.8, 4) is 11.8 Å². The van der Waals surface area contributed by atoms with Crippen LogP contribution in [-0.2, 0) is 0 Å². The van der Waals surface area contributed by atoms with Crippen molar-refractivity contribution in [2.45, 2.75) is 6.42 Å². The number of methoxy groups -OCH3 is 2. The molecule has 0 spiro atoms. The third-order valence-corrected chi connectivity index (χ3v) is 3.66. The lowest BCUT2D eigenvalue weighted by atomic mass is 10.1. The number of hydrogen-bond acceptors (Lipinski definition) is 5. The third kappa shape index (κ3) is 3.05. The van der Waals surface area contributed by atoms with Gasteiger partial charge in [-0.15, -0.1) is 0 Å². The average Bonchev–Trinajstić information content (AvgIpc) is 3.10. The molecule has 1 aromatic heterocycles. The molecule has 6 nitrogen and oxygen atoms in total. The van der Waals surface area contributed by atoms with Gasteiger partial charge >= 0.3 is 0 Å². The number of halogens is 1. The zero-order valence-electron chi connectivity index (χ0n) is 13.3. The number of carbonyl (C=O) groups excluding carboxylic acids is 1. The number of aromatic nitrogens is 1. The maximum absolute atomic E-state index is 13.3. The van der Waals surface area contributed by atoms with Gasteiger partial charge in [0, 0.05) is 18.1 Å². The highest BCUT2D eigenvalue weighted by Crippen LogP contribution is 2.25. The van der Waals surface area contributed by atoms with E-state index in [-0.39, 0.29) is 11.5 Å². The van der Waals surface area contributed by atoms with E-state index in [0.29, 0.717) is 36.0 Å². The molecule has 1 amide bonds. The number of pyridine rings is 1. The van der Waals surface area contributed by atoms with Crippen molar-refractivity contribution in [3.63, 3.8) is 0 Å². The molecule has 1 aromatic carbocycles. The summed E-state index contributed by atoms with van der Waals surface area (Å²) in [5.41, 5.74) is 1.65. The van der Waals surface area contributed by atoms with E-state index >= 15 is 0 Å². The molecule has 0 fully saturated rings. The summed E-state index contributed by atoms with van der Waals surface area (Å²) in [6.45, 7) is 0.417. The zero-order valence-corrected chi connectivity index (χ0v) is 13.3. The predicted molar refractivity (Wildman–Crippen MR) is 85.9 cm³/mol. The van der Waals surface area contributed by atoms with Crippen LogP contribution in [0, 0.1) is 5.82 Å². The molecular weight excluding hydrogens is 313 g/mol. The lowest BCUT2D eigenvalue weighted by Gasteiger charge is -2.11. The van der Waals surface area contributed by atoms with E-state index in [9.17, 15) is 9.18 Å². The minimum absolute atomic E-state index is 0.264. The molecular formula is C17H16FN3O3. The summed E-state index contributed by atoms with van der Waals surface area (Å²) >= 11 is 0. The molecule has 2 aromatic rings. The van der Waals surface area contributed by atoms with Crippen LogP contribution in [0.2, 0.25) is 0 Å². The zero-order chi connectivity index (χ0) is 17.1. The predicted octanol–water partition coefficient (Wildman–Crippen LogP) is 2.49. The van der Waals surface area contributed by atoms with Gasteiger partial charge in [0.25, 0.3) is 5.91 Å². The molecule has 0 N–H and O–H groups in total. The summed E-state index contributed by atoms with van der Waals surface area (Å²) in [6, 6.07) is 9.06. The van der Waals surface area contributed by atoms with Gasteiger partial charge < -0.3 is 9.47 Å². The summed E-state index contributed by atoms with van der Waals surface area (Å²) in [4.78, 5) is 16.6. The molecule has 0 saturated heterocycles. The van der Waals surface area contributed by atoms with E-state index in [1.54, 1.807) is 18.2 Å². The second-order valence-corrected chi connectivity index (χ2v) is 5.15. The van der Waals surface area contributed by atoms with Crippen molar-refractivity contribution < 1.29 is 18.7 Å². The Bertz CT molecular complexity index is 807. The molecule has 0 atom stereocenters. The Balaban J connectivity index is 1.87. The molecule has 0 radical (unpaired) electrons. The molecule has 124 valence electrons. The molecule has 24 heavy (non-hydrogen) atoms. The van der Waals surface area contributed by atoms with Gasteiger partial charge in [0.05, 0.1) is 32.0 Å². The topological polar surface area (TPSA) is 64.0 Å². The van der Waals surface area contributed by atoms with Crippen LogP contribution in [0.25, 0.3) is 0 Å². The second-order valence-electron chi connectivity index (χ2n) is 5.15. The van der Waals surface area contributed by atoms with Crippen LogP contribution in [0.1, 0.15) is 22.3 Å². The van der Waals surface area contributed by atoms with E-state index in [2.05, 4.69) is 10.1 Å². The number of ether oxygens (including phenoxy) is 2. The molecule has 1 aliphatic rings. The molecule has 0 bridgehead atoms. The lowest BCUT2D eigenvalue weighted by molar-refractivity contribution is 0.0778. The van der Waals surface area contributed by atoms with E-state index in [0.717, 1.165) is 0 Å².